The SMILES string of the molecule is CCCCOC(=O)c1[nH]c(=O)c2ccc(Oc3ccc4nn(C)nc4c3)cc2c1O. The normalized spacial score (nSPS) is 11.1. The minimum absolute atomic E-state index is 0.194. The number of H-pyrrole nitrogens is 1. The van der Waals surface area contributed by atoms with E-state index in [-0.39, 0.29) is 28.8 Å². The number of benzene rings is 2. The van der Waals surface area contributed by atoms with E-state index in [0.29, 0.717) is 23.4 Å². The van der Waals surface area contributed by atoms with E-state index in [2.05, 4.69) is 15.2 Å². The van der Waals surface area contributed by atoms with Crippen molar-refractivity contribution in [2.75, 3.05) is 6.61 Å². The molecule has 154 valence electrons. The minimum atomic E-state index is -0.778. The number of nitrogens with zero attached hydrogens (tertiary/aromatic N) is 3. The molecule has 9 heteroatoms. The number of aryl methyl sites for hydroxylation is 1. The van der Waals surface area contributed by atoms with Gasteiger partial charge in [0.2, 0.25) is 0 Å². The highest BCUT2D eigenvalue weighted by atomic mass is 16.5. The van der Waals surface area contributed by atoms with Gasteiger partial charge in [-0.2, -0.15) is 15.0 Å². The third-order valence-corrected chi connectivity index (χ3v) is 4.59. The molecule has 2 heterocycles. The van der Waals surface area contributed by atoms with Gasteiger partial charge in [-0.3, -0.25) is 4.79 Å². The van der Waals surface area contributed by atoms with E-state index in [1.54, 1.807) is 31.3 Å². The molecule has 4 aromatic rings. The number of fused-ring (bicyclic) bond motifs is 2. The third-order valence-electron chi connectivity index (χ3n) is 4.59. The van der Waals surface area contributed by atoms with Gasteiger partial charge in [-0.25, -0.2) is 4.79 Å². The lowest BCUT2D eigenvalue weighted by Crippen LogP contribution is -2.16. The highest BCUT2D eigenvalue weighted by molar-refractivity contribution is 5.99. The standard InChI is InChI=1S/C21H20N4O5/c1-3-4-9-29-21(28)18-19(26)15-10-12(5-7-14(15)20(27)22-18)30-13-6-8-16-17(11-13)24-25(2)23-16/h5-8,10-11,26H,3-4,9H2,1-2H3,(H,22,27). The Labute approximate surface area is 170 Å². The van der Waals surface area contributed by atoms with Gasteiger partial charge in [0.05, 0.1) is 12.0 Å². The number of carbonyl (C=O) groups excluding carboxylic acids is 1. The van der Waals surface area contributed by atoms with Crippen LogP contribution >= 0.6 is 0 Å². The molecule has 0 saturated heterocycles. The van der Waals surface area contributed by atoms with Gasteiger partial charge in [-0.1, -0.05) is 13.3 Å². The summed E-state index contributed by atoms with van der Waals surface area (Å²) in [6.07, 6.45) is 1.55. The quantitative estimate of drug-likeness (QED) is 0.371. The molecule has 0 atom stereocenters. The Morgan fingerprint density at radius 1 is 1.10 bits per heavy atom. The fourth-order valence-corrected chi connectivity index (χ4v) is 3.09. The molecule has 0 aliphatic heterocycles. The molecule has 0 radical (unpaired) electrons. The fraction of sp³-hybridized carbons (Fsp3) is 0.238. The smallest absolute Gasteiger partial charge is 0.358 e. The molecular weight excluding hydrogens is 388 g/mol. The summed E-state index contributed by atoms with van der Waals surface area (Å²) in [7, 11) is 1.73. The van der Waals surface area contributed by atoms with E-state index in [1.807, 2.05) is 6.92 Å². The van der Waals surface area contributed by atoms with Crippen molar-refractivity contribution in [1.82, 2.24) is 20.0 Å². The third kappa shape index (κ3) is 3.69. The molecule has 0 aliphatic carbocycles. The molecule has 0 bridgehead atoms. The van der Waals surface area contributed by atoms with Crippen molar-refractivity contribution < 1.29 is 19.4 Å². The van der Waals surface area contributed by atoms with E-state index in [0.717, 1.165) is 11.9 Å². The molecule has 0 saturated carbocycles. The van der Waals surface area contributed by atoms with Crippen LogP contribution in [-0.2, 0) is 11.8 Å². The predicted molar refractivity (Wildman–Crippen MR) is 110 cm³/mol. The van der Waals surface area contributed by atoms with Crippen molar-refractivity contribution in [2.24, 2.45) is 7.05 Å². The van der Waals surface area contributed by atoms with Gasteiger partial charge in [0.25, 0.3) is 5.56 Å². The van der Waals surface area contributed by atoms with Crippen molar-refractivity contribution in [3.05, 3.63) is 52.4 Å². The lowest BCUT2D eigenvalue weighted by atomic mass is 10.1. The van der Waals surface area contributed by atoms with Crippen LogP contribution in [0, 0.1) is 0 Å². The van der Waals surface area contributed by atoms with Crippen molar-refractivity contribution in [3.8, 4) is 17.2 Å². The lowest BCUT2D eigenvalue weighted by Gasteiger charge is -2.10. The number of carbonyl (C=O) groups is 1. The summed E-state index contributed by atoms with van der Waals surface area (Å²) < 4.78 is 11.0. The summed E-state index contributed by atoms with van der Waals surface area (Å²) >= 11 is 0. The molecule has 4 rings (SSSR count). The summed E-state index contributed by atoms with van der Waals surface area (Å²) in [5.41, 5.74) is 0.630. The number of ether oxygens (including phenoxy) is 2. The van der Waals surface area contributed by atoms with E-state index in [9.17, 15) is 14.7 Å². The van der Waals surface area contributed by atoms with Gasteiger partial charge >= 0.3 is 5.97 Å². The highest BCUT2D eigenvalue weighted by Crippen LogP contribution is 2.31. The Kier molecular flexibility index (Phi) is 5.09. The molecule has 0 spiro atoms. The minimum Gasteiger partial charge on any atom is -0.505 e. The van der Waals surface area contributed by atoms with Crippen LogP contribution in [0.4, 0.5) is 0 Å². The van der Waals surface area contributed by atoms with Gasteiger partial charge in [0.15, 0.2) is 11.4 Å². The Morgan fingerprint density at radius 3 is 2.63 bits per heavy atom. The molecule has 30 heavy (non-hydrogen) atoms. The van der Waals surface area contributed by atoms with Crippen LogP contribution in [0.1, 0.15) is 30.3 Å². The Morgan fingerprint density at radius 2 is 1.83 bits per heavy atom. The first-order chi connectivity index (χ1) is 14.5. The number of nitrogens with one attached hydrogen (secondary N) is 1. The van der Waals surface area contributed by atoms with E-state index >= 15 is 0 Å². The van der Waals surface area contributed by atoms with Gasteiger partial charge in [0.1, 0.15) is 22.5 Å². The van der Waals surface area contributed by atoms with Crippen molar-refractivity contribution in [1.29, 1.82) is 0 Å². The molecule has 0 fully saturated rings. The highest BCUT2D eigenvalue weighted by Gasteiger charge is 2.19. The van der Waals surface area contributed by atoms with E-state index in [4.69, 9.17) is 9.47 Å². The number of rotatable bonds is 6. The van der Waals surface area contributed by atoms with Gasteiger partial charge in [-0.05, 0) is 36.8 Å². The number of hydrogen-bond acceptors (Lipinski definition) is 7. The maximum Gasteiger partial charge on any atom is 0.358 e. The van der Waals surface area contributed by atoms with E-state index < -0.39 is 11.5 Å². The molecule has 0 amide bonds. The first kappa shape index (κ1) is 19.4. The topological polar surface area (TPSA) is 119 Å². The number of hydrogen-bond donors (Lipinski definition) is 2. The molecule has 2 aromatic carbocycles. The summed E-state index contributed by atoms with van der Waals surface area (Å²) in [6, 6.07) is 9.90. The number of esters is 1. The van der Waals surface area contributed by atoms with Crippen molar-refractivity contribution in [3.63, 3.8) is 0 Å². The lowest BCUT2D eigenvalue weighted by molar-refractivity contribution is 0.0489. The van der Waals surface area contributed by atoms with Crippen LogP contribution in [0.5, 0.6) is 17.2 Å². The van der Waals surface area contributed by atoms with E-state index in [1.165, 1.54) is 16.9 Å². The number of pyridine rings is 1. The van der Waals surface area contributed by atoms with Crippen molar-refractivity contribution >= 4 is 27.8 Å². The largest absolute Gasteiger partial charge is 0.505 e. The van der Waals surface area contributed by atoms with Crippen LogP contribution in [0.3, 0.4) is 0 Å². The van der Waals surface area contributed by atoms with Crippen molar-refractivity contribution in [2.45, 2.75) is 19.8 Å². The molecule has 2 aromatic heterocycles. The first-order valence-corrected chi connectivity index (χ1v) is 9.51. The average Bonchev–Trinajstić information content (AvgIpc) is 3.10. The van der Waals surface area contributed by atoms with Crippen LogP contribution in [0.2, 0.25) is 0 Å². The molecule has 0 unspecified atom stereocenters. The maximum absolute atomic E-state index is 12.4. The second kappa shape index (κ2) is 7.86. The van der Waals surface area contributed by atoms with Crippen LogP contribution in [0.25, 0.3) is 21.8 Å². The molecular formula is C21H20N4O5. The van der Waals surface area contributed by atoms with Gasteiger partial charge in [-0.15, -0.1) is 0 Å². The number of unbranched alkanes of at least 4 members (excludes halogenated alkanes) is 1. The summed E-state index contributed by atoms with van der Waals surface area (Å²) in [4.78, 5) is 28.5. The summed E-state index contributed by atoms with van der Waals surface area (Å²) in [5.74, 6) is -0.233. The zero-order chi connectivity index (χ0) is 21.3. The fourth-order valence-electron chi connectivity index (χ4n) is 3.09. The Hall–Kier alpha value is -3.88. The number of aromatic hydroxyl groups is 1. The zero-order valence-electron chi connectivity index (χ0n) is 16.5. The van der Waals surface area contributed by atoms with Gasteiger partial charge in [0, 0.05) is 18.5 Å². The van der Waals surface area contributed by atoms with Crippen LogP contribution in [-0.4, -0.2) is 37.7 Å². The second-order valence-corrected chi connectivity index (χ2v) is 6.82. The molecule has 0 aliphatic rings. The zero-order valence-corrected chi connectivity index (χ0v) is 16.5. The summed E-state index contributed by atoms with van der Waals surface area (Å²) in [5, 5.41) is 19.5. The predicted octanol–water partition coefficient (Wildman–Crippen LogP) is 3.26. The number of aromatic amines is 1. The maximum atomic E-state index is 12.4. The monoisotopic (exact) mass is 408 g/mol. The Bertz CT molecular complexity index is 1310. The van der Waals surface area contributed by atoms with Crippen LogP contribution in [0.15, 0.2) is 41.2 Å². The van der Waals surface area contributed by atoms with Gasteiger partial charge < -0.3 is 19.6 Å². The molecule has 2 N–H and O–H groups in total. The first-order valence-electron chi connectivity index (χ1n) is 9.51. The Balaban J connectivity index is 1.68. The summed E-state index contributed by atoms with van der Waals surface area (Å²) in [6.45, 7) is 2.18. The molecule has 9 nitrogen and oxygen atoms in total. The average molecular weight is 408 g/mol. The van der Waals surface area contributed by atoms with Crippen LogP contribution < -0.4 is 10.3 Å². The second-order valence-electron chi connectivity index (χ2n) is 6.82. The number of aromatic nitrogens is 4.